The Morgan fingerprint density at radius 3 is 2.52 bits per heavy atom. The molecular formula is C16H21BrN4. The zero-order valence-electron chi connectivity index (χ0n) is 12.9. The molecule has 0 aliphatic carbocycles. The van der Waals surface area contributed by atoms with Crippen LogP contribution < -0.4 is 5.32 Å². The molecule has 0 saturated heterocycles. The lowest BCUT2D eigenvalue weighted by molar-refractivity contribution is 0.568. The van der Waals surface area contributed by atoms with Crippen molar-refractivity contribution in [3.63, 3.8) is 0 Å². The fraction of sp³-hybridized carbons (Fsp3) is 0.438. The summed E-state index contributed by atoms with van der Waals surface area (Å²) in [5.41, 5.74) is 1.76. The highest BCUT2D eigenvalue weighted by Crippen LogP contribution is 2.25. The molecule has 0 unspecified atom stereocenters. The van der Waals surface area contributed by atoms with Gasteiger partial charge < -0.3 is 5.32 Å². The molecule has 2 aromatic heterocycles. The van der Waals surface area contributed by atoms with Gasteiger partial charge in [0.05, 0.1) is 5.69 Å². The van der Waals surface area contributed by atoms with Crippen LogP contribution in [0, 0.1) is 0 Å². The first-order valence-electron chi connectivity index (χ1n) is 7.15. The summed E-state index contributed by atoms with van der Waals surface area (Å²) in [4.78, 5) is 13.7. The molecule has 21 heavy (non-hydrogen) atoms. The summed E-state index contributed by atoms with van der Waals surface area (Å²) in [6, 6.07) is 5.90. The third-order valence-corrected chi connectivity index (χ3v) is 3.48. The number of halogens is 1. The van der Waals surface area contributed by atoms with Gasteiger partial charge in [-0.1, -0.05) is 27.7 Å². The van der Waals surface area contributed by atoms with Gasteiger partial charge in [0.2, 0.25) is 0 Å². The summed E-state index contributed by atoms with van der Waals surface area (Å²) in [5.74, 6) is 1.52. The number of nitrogens with one attached hydrogen (secondary N) is 1. The van der Waals surface area contributed by atoms with Gasteiger partial charge >= 0.3 is 0 Å². The summed E-state index contributed by atoms with van der Waals surface area (Å²) in [6.07, 6.45) is 2.82. The average molecular weight is 349 g/mol. The van der Waals surface area contributed by atoms with E-state index in [2.05, 4.69) is 63.9 Å². The molecule has 0 bridgehead atoms. The Bertz CT molecular complexity index is 603. The van der Waals surface area contributed by atoms with Gasteiger partial charge in [0.1, 0.15) is 11.5 Å². The third-order valence-electron chi connectivity index (χ3n) is 3.01. The topological polar surface area (TPSA) is 50.7 Å². The summed E-state index contributed by atoms with van der Waals surface area (Å²) >= 11 is 3.40. The number of pyridine rings is 1. The molecule has 0 radical (unpaired) electrons. The van der Waals surface area contributed by atoms with Crippen LogP contribution in [-0.2, 0) is 5.41 Å². The minimum atomic E-state index is -0.0320. The Balaban J connectivity index is 2.46. The van der Waals surface area contributed by atoms with Crippen LogP contribution in [0.2, 0.25) is 0 Å². The van der Waals surface area contributed by atoms with E-state index in [1.807, 2.05) is 18.2 Å². The van der Waals surface area contributed by atoms with Crippen LogP contribution >= 0.6 is 15.9 Å². The smallest absolute Gasteiger partial charge is 0.180 e. The molecule has 0 aromatic carbocycles. The molecule has 0 atom stereocenters. The van der Waals surface area contributed by atoms with Crippen LogP contribution in [0.15, 0.2) is 28.9 Å². The largest absolute Gasteiger partial charge is 0.370 e. The van der Waals surface area contributed by atoms with E-state index in [1.54, 1.807) is 6.20 Å². The van der Waals surface area contributed by atoms with E-state index in [4.69, 9.17) is 0 Å². The van der Waals surface area contributed by atoms with Gasteiger partial charge in [-0.15, -0.1) is 0 Å². The van der Waals surface area contributed by atoms with Crippen molar-refractivity contribution >= 4 is 21.7 Å². The maximum Gasteiger partial charge on any atom is 0.180 e. The van der Waals surface area contributed by atoms with Crippen LogP contribution in [-0.4, -0.2) is 21.5 Å². The van der Waals surface area contributed by atoms with Crippen molar-refractivity contribution in [2.24, 2.45) is 0 Å². The minimum Gasteiger partial charge on any atom is -0.370 e. The molecule has 0 amide bonds. The van der Waals surface area contributed by atoms with Gasteiger partial charge in [-0.25, -0.2) is 9.97 Å². The van der Waals surface area contributed by atoms with E-state index in [0.717, 1.165) is 34.6 Å². The number of rotatable bonds is 4. The first kappa shape index (κ1) is 15.9. The number of anilines is 1. The monoisotopic (exact) mass is 348 g/mol. The second-order valence-corrected chi connectivity index (χ2v) is 6.92. The molecular weight excluding hydrogens is 328 g/mol. The number of nitrogens with zero attached hydrogens (tertiary/aromatic N) is 3. The second-order valence-electron chi connectivity index (χ2n) is 6.00. The predicted molar refractivity (Wildman–Crippen MR) is 90.4 cm³/mol. The lowest BCUT2D eigenvalue weighted by Gasteiger charge is -2.19. The van der Waals surface area contributed by atoms with Crippen LogP contribution in [0.4, 0.5) is 5.82 Å². The average Bonchev–Trinajstić information content (AvgIpc) is 2.44. The van der Waals surface area contributed by atoms with Gasteiger partial charge in [0.25, 0.3) is 0 Å². The zero-order chi connectivity index (χ0) is 15.5. The van der Waals surface area contributed by atoms with Crippen molar-refractivity contribution in [1.29, 1.82) is 0 Å². The fourth-order valence-electron chi connectivity index (χ4n) is 1.80. The number of aromatic nitrogens is 3. The fourth-order valence-corrected chi connectivity index (χ4v) is 2.03. The SMILES string of the molecule is CCCNc1cc(C(C)(C)C)nc(-c2ccc(Br)cn2)n1. The number of hydrogen-bond donors (Lipinski definition) is 1. The minimum absolute atomic E-state index is 0.0320. The van der Waals surface area contributed by atoms with Crippen LogP contribution in [0.3, 0.4) is 0 Å². The Morgan fingerprint density at radius 2 is 1.95 bits per heavy atom. The first-order valence-corrected chi connectivity index (χ1v) is 7.95. The second kappa shape index (κ2) is 6.52. The molecule has 2 heterocycles. The lowest BCUT2D eigenvalue weighted by atomic mass is 9.92. The van der Waals surface area contributed by atoms with E-state index < -0.39 is 0 Å². The zero-order valence-corrected chi connectivity index (χ0v) is 14.5. The molecule has 4 nitrogen and oxygen atoms in total. The van der Waals surface area contributed by atoms with E-state index in [-0.39, 0.29) is 5.41 Å². The van der Waals surface area contributed by atoms with Crippen molar-refractivity contribution in [2.45, 2.75) is 39.5 Å². The molecule has 5 heteroatoms. The highest BCUT2D eigenvalue weighted by atomic mass is 79.9. The van der Waals surface area contributed by atoms with Crippen molar-refractivity contribution in [2.75, 3.05) is 11.9 Å². The van der Waals surface area contributed by atoms with Crippen molar-refractivity contribution in [3.05, 3.63) is 34.6 Å². The maximum atomic E-state index is 4.68. The van der Waals surface area contributed by atoms with Crippen LogP contribution in [0.1, 0.15) is 39.8 Å². The Morgan fingerprint density at radius 1 is 1.19 bits per heavy atom. The quantitative estimate of drug-likeness (QED) is 0.888. The van der Waals surface area contributed by atoms with Gasteiger partial charge in [0.15, 0.2) is 5.82 Å². The van der Waals surface area contributed by atoms with Gasteiger partial charge in [-0.05, 0) is 34.5 Å². The summed E-state index contributed by atoms with van der Waals surface area (Å²) < 4.78 is 0.947. The van der Waals surface area contributed by atoms with Crippen LogP contribution in [0.25, 0.3) is 11.5 Å². The lowest BCUT2D eigenvalue weighted by Crippen LogP contribution is -2.16. The molecule has 112 valence electrons. The van der Waals surface area contributed by atoms with Crippen molar-refractivity contribution in [3.8, 4) is 11.5 Å². The van der Waals surface area contributed by atoms with E-state index in [1.165, 1.54) is 0 Å². The molecule has 1 N–H and O–H groups in total. The maximum absolute atomic E-state index is 4.68. The highest BCUT2D eigenvalue weighted by molar-refractivity contribution is 9.10. The highest BCUT2D eigenvalue weighted by Gasteiger charge is 2.18. The van der Waals surface area contributed by atoms with Crippen molar-refractivity contribution < 1.29 is 0 Å². The molecule has 0 saturated carbocycles. The van der Waals surface area contributed by atoms with Gasteiger partial charge in [0, 0.05) is 28.7 Å². The van der Waals surface area contributed by atoms with Gasteiger partial charge in [-0.2, -0.15) is 0 Å². The van der Waals surface area contributed by atoms with Gasteiger partial charge in [-0.3, -0.25) is 4.98 Å². The third kappa shape index (κ3) is 4.24. The molecule has 2 rings (SSSR count). The van der Waals surface area contributed by atoms with E-state index >= 15 is 0 Å². The Kier molecular flexibility index (Phi) is 4.93. The molecule has 2 aromatic rings. The molecule has 0 aliphatic rings. The number of hydrogen-bond acceptors (Lipinski definition) is 4. The van der Waals surface area contributed by atoms with Crippen LogP contribution in [0.5, 0.6) is 0 Å². The summed E-state index contributed by atoms with van der Waals surface area (Å²) in [5, 5.41) is 3.34. The predicted octanol–water partition coefficient (Wildman–Crippen LogP) is 4.42. The molecule has 0 spiro atoms. The summed E-state index contributed by atoms with van der Waals surface area (Å²) in [6.45, 7) is 9.48. The Hall–Kier alpha value is -1.49. The van der Waals surface area contributed by atoms with Crippen molar-refractivity contribution in [1.82, 2.24) is 15.0 Å². The van der Waals surface area contributed by atoms with E-state index in [9.17, 15) is 0 Å². The first-order chi connectivity index (χ1) is 9.90. The standard InChI is InChI=1S/C16H21BrN4/c1-5-8-18-14-9-13(16(2,3)4)20-15(21-14)12-7-6-11(17)10-19-12/h6-7,9-10H,5,8H2,1-4H3,(H,18,20,21). The molecule has 0 fully saturated rings. The normalized spacial score (nSPS) is 11.5. The summed E-state index contributed by atoms with van der Waals surface area (Å²) in [7, 11) is 0. The molecule has 0 aliphatic heterocycles. The van der Waals surface area contributed by atoms with E-state index in [0.29, 0.717) is 5.82 Å². The Labute approximate surface area is 134 Å².